The average molecular weight is 253 g/mol. The Morgan fingerprint density at radius 1 is 1.44 bits per heavy atom. The van der Waals surface area contributed by atoms with Crippen molar-refractivity contribution in [1.29, 1.82) is 0 Å². The number of carbonyl (C=O) groups is 1. The first-order chi connectivity index (χ1) is 7.32. The molecule has 6 nitrogen and oxygen atoms in total. The number of aliphatic hydroxyl groups excluding tert-OH is 1. The first-order valence-corrected chi connectivity index (χ1v) is 6.65. The molecule has 1 unspecified atom stereocenters. The number of esters is 1. The lowest BCUT2D eigenvalue weighted by atomic mass is 10.1. The minimum Gasteiger partial charge on any atom is -0.469 e. The smallest absolute Gasteiger partial charge is 0.306 e. The monoisotopic (exact) mass is 253 g/mol. The van der Waals surface area contributed by atoms with E-state index in [4.69, 9.17) is 5.11 Å². The molecule has 0 fully saturated rings. The van der Waals surface area contributed by atoms with Gasteiger partial charge >= 0.3 is 5.97 Å². The van der Waals surface area contributed by atoms with Gasteiger partial charge in [0.15, 0.2) is 0 Å². The van der Waals surface area contributed by atoms with Crippen molar-refractivity contribution in [3.8, 4) is 0 Å². The summed E-state index contributed by atoms with van der Waals surface area (Å²) >= 11 is 0. The number of carbonyl (C=O) groups excluding carboxylic acids is 1. The molecule has 0 saturated carbocycles. The fourth-order valence-electron chi connectivity index (χ4n) is 0.993. The van der Waals surface area contributed by atoms with Gasteiger partial charge in [-0.15, -0.1) is 0 Å². The Morgan fingerprint density at radius 2 is 2.00 bits per heavy atom. The Kier molecular flexibility index (Phi) is 6.54. The van der Waals surface area contributed by atoms with Crippen molar-refractivity contribution in [1.82, 2.24) is 4.72 Å². The van der Waals surface area contributed by atoms with E-state index in [0.29, 0.717) is 0 Å². The zero-order valence-electron chi connectivity index (χ0n) is 9.76. The maximum absolute atomic E-state index is 11.5. The van der Waals surface area contributed by atoms with Gasteiger partial charge in [-0.2, -0.15) is 0 Å². The summed E-state index contributed by atoms with van der Waals surface area (Å²) in [6, 6.07) is -0.525. The van der Waals surface area contributed by atoms with Gasteiger partial charge in [-0.1, -0.05) is 13.8 Å². The van der Waals surface area contributed by atoms with E-state index in [9.17, 15) is 13.2 Å². The Bertz CT molecular complexity index is 312. The highest BCUT2D eigenvalue weighted by molar-refractivity contribution is 7.89. The topological polar surface area (TPSA) is 92.7 Å². The van der Waals surface area contributed by atoms with Gasteiger partial charge < -0.3 is 9.84 Å². The molecule has 0 bridgehead atoms. The summed E-state index contributed by atoms with van der Waals surface area (Å²) in [6.45, 7) is 3.32. The third-order valence-electron chi connectivity index (χ3n) is 2.13. The standard InChI is InChI=1S/C9H19NO5S/c1-7(2)8(6-11)10-16(13,14)5-4-9(12)15-3/h7-8,10-11H,4-6H2,1-3H3. The van der Waals surface area contributed by atoms with E-state index in [1.807, 2.05) is 0 Å². The van der Waals surface area contributed by atoms with E-state index in [0.717, 1.165) is 0 Å². The predicted octanol–water partition coefficient (Wildman–Crippen LogP) is -0.514. The molecule has 2 N–H and O–H groups in total. The first kappa shape index (κ1) is 15.3. The number of hydrogen-bond donors (Lipinski definition) is 2. The lowest BCUT2D eigenvalue weighted by Gasteiger charge is -2.19. The number of ether oxygens (including phenoxy) is 1. The van der Waals surface area contributed by atoms with Crippen LogP contribution in [0, 0.1) is 5.92 Å². The molecule has 0 aliphatic carbocycles. The van der Waals surface area contributed by atoms with E-state index in [1.165, 1.54) is 7.11 Å². The molecule has 0 aromatic rings. The minimum absolute atomic E-state index is 0.0158. The van der Waals surface area contributed by atoms with Crippen LogP contribution in [-0.4, -0.2) is 45.0 Å². The van der Waals surface area contributed by atoms with Crippen molar-refractivity contribution < 1.29 is 23.1 Å². The minimum atomic E-state index is -3.55. The second-order valence-corrected chi connectivity index (χ2v) is 5.67. The van der Waals surface area contributed by atoms with Crippen molar-refractivity contribution in [2.45, 2.75) is 26.3 Å². The van der Waals surface area contributed by atoms with Crippen LogP contribution in [0.1, 0.15) is 20.3 Å². The summed E-state index contributed by atoms with van der Waals surface area (Å²) in [6.07, 6.45) is -0.192. The van der Waals surface area contributed by atoms with Crippen LogP contribution < -0.4 is 4.72 Å². The molecule has 0 rings (SSSR count). The summed E-state index contributed by atoms with van der Waals surface area (Å²) < 4.78 is 29.7. The molecule has 0 heterocycles. The Morgan fingerprint density at radius 3 is 2.38 bits per heavy atom. The first-order valence-electron chi connectivity index (χ1n) is 5.00. The van der Waals surface area contributed by atoms with E-state index in [-0.39, 0.29) is 24.7 Å². The lowest BCUT2D eigenvalue weighted by molar-refractivity contribution is -0.140. The molecule has 0 amide bonds. The quantitative estimate of drug-likeness (QED) is 0.596. The highest BCUT2D eigenvalue weighted by Gasteiger charge is 2.20. The number of sulfonamides is 1. The largest absolute Gasteiger partial charge is 0.469 e. The molecular formula is C9H19NO5S. The molecule has 16 heavy (non-hydrogen) atoms. The van der Waals surface area contributed by atoms with Crippen LogP contribution in [0.2, 0.25) is 0 Å². The number of aliphatic hydroxyl groups is 1. The number of nitrogens with one attached hydrogen (secondary N) is 1. The van der Waals surface area contributed by atoms with Gasteiger partial charge in [0.25, 0.3) is 0 Å². The fraction of sp³-hybridized carbons (Fsp3) is 0.889. The van der Waals surface area contributed by atoms with E-state index < -0.39 is 22.0 Å². The summed E-state index contributed by atoms with van der Waals surface area (Å²) in [5, 5.41) is 8.96. The molecule has 0 aromatic heterocycles. The highest BCUT2D eigenvalue weighted by atomic mass is 32.2. The van der Waals surface area contributed by atoms with Gasteiger partial charge in [-0.05, 0) is 5.92 Å². The molecule has 0 radical (unpaired) electrons. The van der Waals surface area contributed by atoms with Gasteiger partial charge in [0.05, 0.1) is 25.9 Å². The molecule has 1 atom stereocenters. The molecule has 0 spiro atoms. The normalized spacial score (nSPS) is 13.8. The average Bonchev–Trinajstić information content (AvgIpc) is 2.22. The summed E-state index contributed by atoms with van der Waals surface area (Å²) in [5.41, 5.74) is 0. The number of hydrogen-bond acceptors (Lipinski definition) is 5. The Hall–Kier alpha value is -0.660. The maximum Gasteiger partial charge on any atom is 0.306 e. The summed E-state index contributed by atoms with van der Waals surface area (Å²) in [7, 11) is -2.35. The van der Waals surface area contributed by atoms with Crippen LogP contribution in [0.3, 0.4) is 0 Å². The van der Waals surface area contributed by atoms with Gasteiger partial charge in [0.1, 0.15) is 0 Å². The lowest BCUT2D eigenvalue weighted by Crippen LogP contribution is -2.42. The predicted molar refractivity (Wildman–Crippen MR) is 59.3 cm³/mol. The van der Waals surface area contributed by atoms with Crippen LogP contribution in [0.4, 0.5) is 0 Å². The molecule has 0 aromatic carbocycles. The number of rotatable bonds is 7. The SMILES string of the molecule is COC(=O)CCS(=O)(=O)NC(CO)C(C)C. The Labute approximate surface area is 96.0 Å². The zero-order chi connectivity index (χ0) is 12.8. The highest BCUT2D eigenvalue weighted by Crippen LogP contribution is 2.03. The van der Waals surface area contributed by atoms with Crippen molar-refractivity contribution in [3.63, 3.8) is 0 Å². The third kappa shape index (κ3) is 6.04. The summed E-state index contributed by atoms with van der Waals surface area (Å²) in [5.74, 6) is -0.920. The maximum atomic E-state index is 11.5. The van der Waals surface area contributed by atoms with Crippen LogP contribution >= 0.6 is 0 Å². The number of methoxy groups -OCH3 is 1. The van der Waals surface area contributed by atoms with Crippen molar-refractivity contribution in [3.05, 3.63) is 0 Å². The van der Waals surface area contributed by atoms with Crippen molar-refractivity contribution >= 4 is 16.0 Å². The molecule has 0 aliphatic heterocycles. The van der Waals surface area contributed by atoms with Crippen LogP contribution in [0.5, 0.6) is 0 Å². The van der Waals surface area contributed by atoms with Gasteiger partial charge in [-0.25, -0.2) is 13.1 Å². The van der Waals surface area contributed by atoms with Crippen molar-refractivity contribution in [2.24, 2.45) is 5.92 Å². The van der Waals surface area contributed by atoms with Crippen LogP contribution in [0.15, 0.2) is 0 Å². The van der Waals surface area contributed by atoms with E-state index in [2.05, 4.69) is 9.46 Å². The second-order valence-electron chi connectivity index (χ2n) is 3.80. The molecule has 0 saturated heterocycles. The molecular weight excluding hydrogens is 234 g/mol. The Balaban J connectivity index is 4.28. The van der Waals surface area contributed by atoms with Crippen molar-refractivity contribution in [2.75, 3.05) is 19.5 Å². The fourth-order valence-corrected chi connectivity index (χ4v) is 2.35. The zero-order valence-corrected chi connectivity index (χ0v) is 10.6. The van der Waals surface area contributed by atoms with E-state index >= 15 is 0 Å². The van der Waals surface area contributed by atoms with Crippen LogP contribution in [0.25, 0.3) is 0 Å². The van der Waals surface area contributed by atoms with Gasteiger partial charge in [0, 0.05) is 6.04 Å². The summed E-state index contributed by atoms with van der Waals surface area (Å²) in [4.78, 5) is 10.8. The molecule has 96 valence electrons. The molecule has 0 aliphatic rings. The van der Waals surface area contributed by atoms with E-state index in [1.54, 1.807) is 13.8 Å². The van der Waals surface area contributed by atoms with Gasteiger partial charge in [0.2, 0.25) is 10.0 Å². The third-order valence-corrected chi connectivity index (χ3v) is 3.54. The second kappa shape index (κ2) is 6.82. The molecule has 7 heteroatoms. The van der Waals surface area contributed by atoms with Gasteiger partial charge in [-0.3, -0.25) is 4.79 Å². The van der Waals surface area contributed by atoms with Crippen LogP contribution in [-0.2, 0) is 19.6 Å².